The van der Waals surface area contributed by atoms with Crippen LogP contribution in [0.3, 0.4) is 0 Å². The van der Waals surface area contributed by atoms with Gasteiger partial charge in [-0.15, -0.1) is 0 Å². The summed E-state index contributed by atoms with van der Waals surface area (Å²) in [7, 11) is 3.63. The summed E-state index contributed by atoms with van der Waals surface area (Å²) in [5, 5.41) is 6.52. The zero-order chi connectivity index (χ0) is 24.9. The first-order valence-electron chi connectivity index (χ1n) is 10.9. The molecule has 35 heavy (non-hydrogen) atoms. The quantitative estimate of drug-likeness (QED) is 0.357. The number of aromatic nitrogens is 2. The van der Waals surface area contributed by atoms with Crippen LogP contribution in [-0.2, 0) is 0 Å². The number of carbonyl (C=O) groups excluding carboxylic acids is 1. The van der Waals surface area contributed by atoms with E-state index in [1.807, 2.05) is 18.2 Å². The van der Waals surface area contributed by atoms with E-state index in [1.54, 1.807) is 18.2 Å². The number of nitrogen functional groups attached to an aromatic ring is 1. The molecule has 11 nitrogen and oxygen atoms in total. The van der Waals surface area contributed by atoms with E-state index in [4.69, 9.17) is 32.5 Å². The molecule has 6 N–H and O–H groups in total. The van der Waals surface area contributed by atoms with Crippen LogP contribution in [0.25, 0.3) is 0 Å². The summed E-state index contributed by atoms with van der Waals surface area (Å²) in [6.45, 7) is 3.85. The third kappa shape index (κ3) is 5.94. The Balaban J connectivity index is 1.52. The van der Waals surface area contributed by atoms with E-state index in [9.17, 15) is 4.79 Å². The van der Waals surface area contributed by atoms with Crippen LogP contribution in [0, 0.1) is 0 Å². The molecule has 12 heteroatoms. The number of halogens is 1. The van der Waals surface area contributed by atoms with Crippen LogP contribution >= 0.6 is 11.6 Å². The van der Waals surface area contributed by atoms with Gasteiger partial charge in [-0.2, -0.15) is 4.98 Å². The van der Waals surface area contributed by atoms with Crippen molar-refractivity contribution in [1.82, 2.24) is 14.9 Å². The molecule has 4 rings (SSSR count). The van der Waals surface area contributed by atoms with Crippen molar-refractivity contribution in [3.05, 3.63) is 47.6 Å². The first-order valence-corrected chi connectivity index (χ1v) is 11.2. The van der Waals surface area contributed by atoms with Crippen molar-refractivity contribution in [3.8, 4) is 11.5 Å². The van der Waals surface area contributed by atoms with Crippen molar-refractivity contribution in [2.45, 2.75) is 0 Å². The average Bonchev–Trinajstić information content (AvgIpc) is 2.82. The molecule has 1 aliphatic heterocycles. The van der Waals surface area contributed by atoms with Crippen molar-refractivity contribution in [3.63, 3.8) is 0 Å². The molecule has 0 radical (unpaired) electrons. The summed E-state index contributed by atoms with van der Waals surface area (Å²) >= 11 is 6.32. The van der Waals surface area contributed by atoms with Crippen molar-refractivity contribution >= 4 is 52.2 Å². The molecule has 2 heterocycles. The number of methoxy groups -OCH3 is 1. The van der Waals surface area contributed by atoms with Gasteiger partial charge in [-0.25, -0.2) is 9.78 Å². The average molecular weight is 499 g/mol. The second kappa shape index (κ2) is 10.5. The van der Waals surface area contributed by atoms with Gasteiger partial charge in [0.1, 0.15) is 16.5 Å². The SMILES string of the molecule is COc1ccc(OC(N)=O)cc1Nc1nc(Nc2ccc(N3CCN(C)CC3)c(N)c2)ncc1Cl. The highest BCUT2D eigenvalue weighted by Gasteiger charge is 2.17. The second-order valence-corrected chi connectivity index (χ2v) is 8.39. The van der Waals surface area contributed by atoms with Crippen molar-refractivity contribution in [2.75, 3.05) is 61.6 Å². The monoisotopic (exact) mass is 498 g/mol. The van der Waals surface area contributed by atoms with Crippen molar-refractivity contribution in [2.24, 2.45) is 5.73 Å². The number of carbonyl (C=O) groups is 1. The fourth-order valence-corrected chi connectivity index (χ4v) is 3.84. The van der Waals surface area contributed by atoms with Crippen LogP contribution < -0.4 is 36.5 Å². The Hall–Kier alpha value is -3.96. The van der Waals surface area contributed by atoms with Crippen LogP contribution in [0.4, 0.5) is 39.3 Å². The second-order valence-electron chi connectivity index (χ2n) is 7.99. The zero-order valence-corrected chi connectivity index (χ0v) is 20.2. The van der Waals surface area contributed by atoms with Gasteiger partial charge in [0.2, 0.25) is 5.95 Å². The van der Waals surface area contributed by atoms with Gasteiger partial charge in [0, 0.05) is 37.9 Å². The first-order chi connectivity index (χ1) is 16.8. The molecule has 1 amide bonds. The van der Waals surface area contributed by atoms with Crippen molar-refractivity contribution in [1.29, 1.82) is 0 Å². The van der Waals surface area contributed by atoms with E-state index < -0.39 is 6.09 Å². The Labute approximate surface area is 208 Å². The molecule has 0 bridgehead atoms. The molecular weight excluding hydrogens is 472 g/mol. The summed E-state index contributed by atoms with van der Waals surface area (Å²) in [5.41, 5.74) is 14.3. The smallest absolute Gasteiger partial charge is 0.409 e. The number of hydrogen-bond acceptors (Lipinski definition) is 10. The Kier molecular flexibility index (Phi) is 7.28. The molecule has 1 saturated heterocycles. The molecule has 2 aromatic carbocycles. The third-order valence-electron chi connectivity index (χ3n) is 5.51. The van der Waals surface area contributed by atoms with Crippen LogP contribution in [0.5, 0.6) is 11.5 Å². The summed E-state index contributed by atoms with van der Waals surface area (Å²) < 4.78 is 10.3. The minimum Gasteiger partial charge on any atom is -0.495 e. The highest BCUT2D eigenvalue weighted by molar-refractivity contribution is 6.33. The Morgan fingerprint density at radius 2 is 1.89 bits per heavy atom. The van der Waals surface area contributed by atoms with Crippen LogP contribution in [0.2, 0.25) is 5.02 Å². The molecule has 0 atom stereocenters. The lowest BCUT2D eigenvalue weighted by Gasteiger charge is -2.34. The lowest BCUT2D eigenvalue weighted by atomic mass is 10.2. The van der Waals surface area contributed by atoms with Gasteiger partial charge < -0.3 is 41.4 Å². The maximum Gasteiger partial charge on any atom is 0.409 e. The Morgan fingerprint density at radius 1 is 1.11 bits per heavy atom. The predicted molar refractivity (Wildman–Crippen MR) is 137 cm³/mol. The minimum absolute atomic E-state index is 0.236. The lowest BCUT2D eigenvalue weighted by molar-refractivity contribution is 0.211. The van der Waals surface area contributed by atoms with Gasteiger partial charge in [0.15, 0.2) is 5.82 Å². The summed E-state index contributed by atoms with van der Waals surface area (Å²) in [6, 6.07) is 10.5. The molecule has 0 unspecified atom stereocenters. The maximum atomic E-state index is 11.1. The molecular formula is C23H27ClN8O3. The van der Waals surface area contributed by atoms with E-state index in [-0.39, 0.29) is 10.8 Å². The Morgan fingerprint density at radius 3 is 2.57 bits per heavy atom. The van der Waals surface area contributed by atoms with E-state index in [0.717, 1.165) is 37.6 Å². The maximum absolute atomic E-state index is 11.1. The number of anilines is 6. The topological polar surface area (TPSA) is 144 Å². The highest BCUT2D eigenvalue weighted by atomic mass is 35.5. The molecule has 1 fully saturated rings. The molecule has 0 spiro atoms. The van der Waals surface area contributed by atoms with Crippen molar-refractivity contribution < 1.29 is 14.3 Å². The summed E-state index contributed by atoms with van der Waals surface area (Å²) in [6.07, 6.45) is 0.544. The Bertz CT molecular complexity index is 1220. The van der Waals surface area contributed by atoms with E-state index >= 15 is 0 Å². The molecule has 3 aromatic rings. The summed E-state index contributed by atoms with van der Waals surface area (Å²) in [4.78, 5) is 24.4. The number of hydrogen-bond donors (Lipinski definition) is 4. The molecule has 184 valence electrons. The van der Waals surface area contributed by atoms with E-state index in [0.29, 0.717) is 28.9 Å². The zero-order valence-electron chi connectivity index (χ0n) is 19.4. The number of primary amides is 1. The standard InChI is InChI=1S/C23H27ClN8O3/c1-31-7-9-32(10-8-31)19-5-3-14(11-17(19)25)28-23-27-13-16(24)21(30-23)29-18-12-15(35-22(26)33)4-6-20(18)34-2/h3-6,11-13H,7-10,25H2,1-2H3,(H2,26,33)(H2,27,28,29,30). The molecule has 0 saturated carbocycles. The number of benzene rings is 2. The number of likely N-dealkylation sites (N-methyl/N-ethyl adjacent to an activating group) is 1. The summed E-state index contributed by atoms with van der Waals surface area (Å²) in [5.74, 6) is 1.35. The number of nitrogens with two attached hydrogens (primary N) is 2. The molecule has 0 aliphatic carbocycles. The first kappa shape index (κ1) is 24.2. The molecule has 1 aromatic heterocycles. The number of piperazine rings is 1. The molecule has 1 aliphatic rings. The third-order valence-corrected chi connectivity index (χ3v) is 5.79. The van der Waals surface area contributed by atoms with Gasteiger partial charge in [0.25, 0.3) is 0 Å². The van der Waals surface area contributed by atoms with E-state index in [2.05, 4.69) is 37.4 Å². The van der Waals surface area contributed by atoms with Crippen LogP contribution in [0.1, 0.15) is 0 Å². The van der Waals surface area contributed by atoms with Gasteiger partial charge in [-0.05, 0) is 37.4 Å². The van der Waals surface area contributed by atoms with Crippen LogP contribution in [0.15, 0.2) is 42.6 Å². The predicted octanol–water partition coefficient (Wildman–Crippen LogP) is 3.42. The van der Waals surface area contributed by atoms with Gasteiger partial charge >= 0.3 is 6.09 Å². The van der Waals surface area contributed by atoms with Crippen LogP contribution in [-0.4, -0.2) is 61.3 Å². The lowest BCUT2D eigenvalue weighted by Crippen LogP contribution is -2.44. The number of nitrogens with one attached hydrogen (secondary N) is 2. The van der Waals surface area contributed by atoms with Gasteiger partial charge in [0.05, 0.1) is 30.4 Å². The number of rotatable bonds is 7. The number of nitrogens with zero attached hydrogens (tertiary/aromatic N) is 4. The van der Waals surface area contributed by atoms with E-state index in [1.165, 1.54) is 13.3 Å². The number of ether oxygens (including phenoxy) is 2. The number of amides is 1. The fraction of sp³-hybridized carbons (Fsp3) is 0.261. The largest absolute Gasteiger partial charge is 0.495 e. The normalized spacial score (nSPS) is 13.9. The fourth-order valence-electron chi connectivity index (χ4n) is 3.70. The van der Waals surface area contributed by atoms with Gasteiger partial charge in [-0.3, -0.25) is 0 Å². The van der Waals surface area contributed by atoms with Gasteiger partial charge in [-0.1, -0.05) is 11.6 Å². The minimum atomic E-state index is -0.925. The highest BCUT2D eigenvalue weighted by Crippen LogP contribution is 2.34.